The van der Waals surface area contributed by atoms with Crippen LogP contribution in [0.1, 0.15) is 581 Å². The second kappa shape index (κ2) is 102. The first-order valence-corrected chi connectivity index (χ1v) is 55.0. The molecule has 126 heavy (non-hydrogen) atoms. The number of hydrogen-bond acceptors (Lipinski definition) is 12. The third kappa shape index (κ3) is 91.2. The molecule has 0 N–H and O–H groups in total. The summed E-state index contributed by atoms with van der Waals surface area (Å²) in [4.78, 5) is 87.4. The first-order chi connectivity index (χ1) is 62.1. The highest BCUT2D eigenvalue weighted by molar-refractivity contribution is 5.73. The molecule has 0 aliphatic heterocycles. The predicted molar refractivity (Wildman–Crippen MR) is 538 cm³/mol. The Morgan fingerprint density at radius 2 is 0.286 bits per heavy atom. The van der Waals surface area contributed by atoms with Gasteiger partial charge in [0.2, 0.25) is 0 Å². The van der Waals surface area contributed by atoms with Gasteiger partial charge in [-0.25, -0.2) is 0 Å². The van der Waals surface area contributed by atoms with Crippen molar-refractivity contribution in [2.24, 2.45) is 0 Å². The molecule has 12 nitrogen and oxygen atoms in total. The highest BCUT2D eigenvalue weighted by atomic mass is 16.6. The third-order valence-corrected chi connectivity index (χ3v) is 24.8. The number of carbonyl (C=O) groups excluding carboxylic acids is 6. The number of carbonyl (C=O) groups is 6. The van der Waals surface area contributed by atoms with Gasteiger partial charge in [-0.1, -0.05) is 423 Å². The molecule has 0 radical (unpaired) electrons. The molecule has 12 heteroatoms. The zero-order valence-electron chi connectivity index (χ0n) is 83.9. The summed E-state index contributed by atoms with van der Waals surface area (Å²) < 4.78 is 38.7. The largest absolute Gasteiger partial charge is 0.462 e. The molecule has 0 bridgehead atoms. The molecule has 0 aromatic heterocycles. The first kappa shape index (κ1) is 121. The molecule has 0 aromatic carbocycles. The third-order valence-electron chi connectivity index (χ3n) is 24.8. The molecule has 4 atom stereocenters. The standard InChI is InChI=1S/C114H206O12/c1-7-13-19-25-31-37-43-49-55-61-67-73-79-85-91-97-107(115)121-103-105(123-109(117)99-93-87-81-75-69-63-57-51-45-39-33-27-21-15-9-3)113(125-111(119)101-95-89-83-77-71-65-59-53-47-41-35-29-23-17-11-5)114(126-112(120)102-96-90-84-78-72-66-60-54-48-42-36-30-24-18-12-6)106(124-110(118)100-94-88-82-76-70-64-58-52-46-40-34-28-22-16-10-4)104-122-108(116)98-92-86-80-74-68-62-56-50-44-38-32-26-20-14-8-2/h49-60,105-106,113-114H,7-48,61-104H2,1-6H3/b55-49-,56-50-,57-51-,58-52-,59-53-,60-54-/t105-,106+,113-,114-/m1/s1. The zero-order chi connectivity index (χ0) is 91.3. The van der Waals surface area contributed by atoms with E-state index in [2.05, 4.69) is 114 Å². The molecule has 0 spiro atoms. The van der Waals surface area contributed by atoms with Gasteiger partial charge in [-0.2, -0.15) is 0 Å². The summed E-state index contributed by atoms with van der Waals surface area (Å²) in [7, 11) is 0. The summed E-state index contributed by atoms with van der Waals surface area (Å²) in [6.45, 7) is 12.5. The fourth-order valence-electron chi connectivity index (χ4n) is 16.5. The van der Waals surface area contributed by atoms with Crippen LogP contribution in [0.5, 0.6) is 0 Å². The van der Waals surface area contributed by atoms with E-state index >= 15 is 0 Å². The minimum Gasteiger partial charge on any atom is -0.462 e. The molecule has 0 amide bonds. The van der Waals surface area contributed by atoms with Gasteiger partial charge in [0.15, 0.2) is 24.4 Å². The summed E-state index contributed by atoms with van der Waals surface area (Å²) in [5.41, 5.74) is 0. The van der Waals surface area contributed by atoms with Crippen molar-refractivity contribution in [3.63, 3.8) is 0 Å². The van der Waals surface area contributed by atoms with E-state index < -0.39 is 73.4 Å². The number of unbranched alkanes of at least 4 members (excludes halogenated alkanes) is 66. The minimum absolute atomic E-state index is 0.0139. The second-order valence-electron chi connectivity index (χ2n) is 37.3. The molecule has 0 aromatic rings. The highest BCUT2D eigenvalue weighted by Crippen LogP contribution is 2.27. The van der Waals surface area contributed by atoms with E-state index in [1.165, 1.54) is 231 Å². The van der Waals surface area contributed by atoms with Gasteiger partial charge in [-0.3, -0.25) is 28.8 Å². The lowest BCUT2D eigenvalue weighted by atomic mass is 10.0. The van der Waals surface area contributed by atoms with Crippen molar-refractivity contribution < 1.29 is 57.2 Å². The van der Waals surface area contributed by atoms with E-state index in [-0.39, 0.29) is 38.5 Å². The van der Waals surface area contributed by atoms with E-state index in [4.69, 9.17) is 28.4 Å². The van der Waals surface area contributed by atoms with Crippen molar-refractivity contribution in [2.75, 3.05) is 13.2 Å². The molecular formula is C114H206O12. The molecule has 0 aliphatic carbocycles. The Morgan fingerprint density at radius 1 is 0.159 bits per heavy atom. The SMILES string of the molecule is CCCCCCCC/C=C\CCCCCCCC(=O)OC[C@H](OC(=O)CCCCCCC/C=C\CCCCCCCC)[C@@H](OC(=O)CCCCCCC/C=C\CCCCCCCC)[C@H](OC(=O)CCCCCCC/C=C\CCCCCCCC)[C@@H](COC(=O)CCCCCCC/C=C\CCCCCCCC)OC(=O)CCCCCCC/C=C\CCCCCCCC. The lowest BCUT2D eigenvalue weighted by Crippen LogP contribution is -2.54. The fraction of sp³-hybridized carbons (Fsp3) is 0.842. The average molecular weight is 1770 g/mol. The quantitative estimate of drug-likeness (QED) is 0.0246. The average Bonchev–Trinajstić information content (AvgIpc) is 0.821. The minimum atomic E-state index is -1.63. The zero-order valence-corrected chi connectivity index (χ0v) is 83.9. The summed E-state index contributed by atoms with van der Waals surface area (Å²) in [5.74, 6) is -3.37. The van der Waals surface area contributed by atoms with Gasteiger partial charge in [0.05, 0.1) is 0 Å². The van der Waals surface area contributed by atoms with Crippen LogP contribution in [0.25, 0.3) is 0 Å². The van der Waals surface area contributed by atoms with Crippen LogP contribution in [0.3, 0.4) is 0 Å². The number of rotatable bonds is 101. The van der Waals surface area contributed by atoms with E-state index in [0.717, 1.165) is 231 Å². The second-order valence-corrected chi connectivity index (χ2v) is 37.3. The van der Waals surface area contributed by atoms with Crippen LogP contribution in [0, 0.1) is 0 Å². The van der Waals surface area contributed by atoms with Gasteiger partial charge in [0, 0.05) is 38.5 Å². The first-order valence-electron chi connectivity index (χ1n) is 55.0. The fourth-order valence-corrected chi connectivity index (χ4v) is 16.5. The van der Waals surface area contributed by atoms with Gasteiger partial charge < -0.3 is 28.4 Å². The maximum absolute atomic E-state index is 14.9. The van der Waals surface area contributed by atoms with Crippen molar-refractivity contribution in [1.82, 2.24) is 0 Å². The Bertz CT molecular complexity index is 2360. The highest BCUT2D eigenvalue weighted by Gasteiger charge is 2.46. The maximum Gasteiger partial charge on any atom is 0.306 e. The van der Waals surface area contributed by atoms with Crippen LogP contribution in [0.4, 0.5) is 0 Å². The summed E-state index contributed by atoms with van der Waals surface area (Å²) in [5, 5.41) is 0. The molecule has 0 aliphatic rings. The van der Waals surface area contributed by atoms with Gasteiger partial charge in [0.25, 0.3) is 0 Å². The van der Waals surface area contributed by atoms with Crippen LogP contribution in [-0.2, 0) is 57.2 Å². The van der Waals surface area contributed by atoms with Crippen molar-refractivity contribution in [2.45, 2.75) is 605 Å². The van der Waals surface area contributed by atoms with Crippen molar-refractivity contribution in [1.29, 1.82) is 0 Å². The van der Waals surface area contributed by atoms with E-state index in [1.807, 2.05) is 0 Å². The smallest absolute Gasteiger partial charge is 0.306 e. The van der Waals surface area contributed by atoms with Gasteiger partial charge in [0.1, 0.15) is 13.2 Å². The molecule has 0 saturated carbocycles. The molecule has 0 rings (SSSR count). The Morgan fingerprint density at radius 3 is 0.444 bits per heavy atom. The number of hydrogen-bond donors (Lipinski definition) is 0. The lowest BCUT2D eigenvalue weighted by molar-refractivity contribution is -0.209. The predicted octanol–water partition coefficient (Wildman–Crippen LogP) is 35.9. The maximum atomic E-state index is 14.9. The van der Waals surface area contributed by atoms with Crippen LogP contribution in [0.2, 0.25) is 0 Å². The van der Waals surface area contributed by atoms with Gasteiger partial charge >= 0.3 is 35.8 Å². The summed E-state index contributed by atoms with van der Waals surface area (Å²) in [6, 6.07) is 0. The molecule has 0 fully saturated rings. The van der Waals surface area contributed by atoms with Crippen LogP contribution < -0.4 is 0 Å². The Labute approximate surface area is 779 Å². The molecular weight excluding hydrogens is 1560 g/mol. The number of ether oxygens (including phenoxy) is 6. The summed E-state index contributed by atoms with van der Waals surface area (Å²) >= 11 is 0. The topological polar surface area (TPSA) is 158 Å². The van der Waals surface area contributed by atoms with Crippen molar-refractivity contribution in [3.05, 3.63) is 72.9 Å². The Kier molecular flexibility index (Phi) is 98.5. The van der Waals surface area contributed by atoms with E-state index in [1.54, 1.807) is 0 Å². The van der Waals surface area contributed by atoms with Gasteiger partial charge in [-0.15, -0.1) is 0 Å². The van der Waals surface area contributed by atoms with Gasteiger partial charge in [-0.05, 0) is 193 Å². The molecule has 734 valence electrons. The van der Waals surface area contributed by atoms with Crippen LogP contribution in [0.15, 0.2) is 72.9 Å². The van der Waals surface area contributed by atoms with Crippen LogP contribution in [-0.4, -0.2) is 73.4 Å². The van der Waals surface area contributed by atoms with E-state index in [0.29, 0.717) is 38.5 Å². The van der Waals surface area contributed by atoms with E-state index in [9.17, 15) is 28.8 Å². The normalized spacial score (nSPS) is 12.9. The Balaban J connectivity index is 7.56. The lowest BCUT2D eigenvalue weighted by Gasteiger charge is -2.36. The monoisotopic (exact) mass is 1770 g/mol. The van der Waals surface area contributed by atoms with Crippen molar-refractivity contribution >= 4 is 35.8 Å². The van der Waals surface area contributed by atoms with Crippen molar-refractivity contribution in [3.8, 4) is 0 Å². The van der Waals surface area contributed by atoms with Crippen LogP contribution >= 0.6 is 0 Å². The molecule has 0 saturated heterocycles. The number of allylic oxidation sites excluding steroid dienone is 12. The number of esters is 6. The Hall–Kier alpha value is -4.74. The molecule has 0 heterocycles. The summed E-state index contributed by atoms with van der Waals surface area (Å²) in [6.07, 6.45) is 108. The molecule has 0 unspecified atom stereocenters.